The predicted molar refractivity (Wildman–Crippen MR) is 58.4 cm³/mol. The molecule has 5 heteroatoms. The van der Waals surface area contributed by atoms with Gasteiger partial charge in [-0.25, -0.2) is 0 Å². The first-order chi connectivity index (χ1) is 7.33. The Morgan fingerprint density at radius 1 is 1.62 bits per heavy atom. The lowest BCUT2D eigenvalue weighted by molar-refractivity contribution is -0.112. The van der Waals surface area contributed by atoms with Gasteiger partial charge in [-0.2, -0.15) is 4.39 Å². The van der Waals surface area contributed by atoms with Gasteiger partial charge in [-0.15, -0.1) is 0 Å². The highest BCUT2D eigenvalue weighted by atomic mass is 19.1. The number of hydrogen-bond acceptors (Lipinski definition) is 3. The summed E-state index contributed by atoms with van der Waals surface area (Å²) in [6.45, 7) is 9.14. The second-order valence-corrected chi connectivity index (χ2v) is 4.70. The van der Waals surface area contributed by atoms with Crippen molar-refractivity contribution in [2.24, 2.45) is 5.41 Å². The number of hydrogen-bond donors (Lipinski definition) is 1. The standard InChI is InChI=1S/C11H15FN2O2/c1-5-8(15)13-10-9(12)7(14-16-10)6-11(2,3)4/h5H,1,6H2,2-4H3,(H,13,15). The Morgan fingerprint density at radius 2 is 2.25 bits per heavy atom. The summed E-state index contributed by atoms with van der Waals surface area (Å²) >= 11 is 0. The molecule has 4 nitrogen and oxygen atoms in total. The van der Waals surface area contributed by atoms with E-state index in [0.29, 0.717) is 6.42 Å². The number of amides is 1. The minimum absolute atomic E-state index is 0.0998. The molecular weight excluding hydrogens is 211 g/mol. The Labute approximate surface area is 93.5 Å². The van der Waals surface area contributed by atoms with Crippen LogP contribution in [-0.4, -0.2) is 11.1 Å². The van der Waals surface area contributed by atoms with Gasteiger partial charge in [0.1, 0.15) is 5.69 Å². The van der Waals surface area contributed by atoms with E-state index < -0.39 is 11.7 Å². The summed E-state index contributed by atoms with van der Waals surface area (Å²) in [5.74, 6) is -1.41. The highest BCUT2D eigenvalue weighted by molar-refractivity contribution is 5.97. The van der Waals surface area contributed by atoms with Gasteiger partial charge in [-0.3, -0.25) is 10.1 Å². The molecule has 0 radical (unpaired) electrons. The van der Waals surface area contributed by atoms with Crippen molar-refractivity contribution in [2.75, 3.05) is 5.32 Å². The molecule has 0 aromatic carbocycles. The molecule has 0 fully saturated rings. The molecule has 0 aliphatic rings. The van der Waals surface area contributed by atoms with Crippen LogP contribution in [0.15, 0.2) is 17.2 Å². The number of carbonyl (C=O) groups excluding carboxylic acids is 1. The van der Waals surface area contributed by atoms with Crippen LogP contribution in [0.25, 0.3) is 0 Å². The number of anilines is 1. The fraction of sp³-hybridized carbons (Fsp3) is 0.455. The van der Waals surface area contributed by atoms with Crippen LogP contribution in [0.4, 0.5) is 10.3 Å². The zero-order valence-corrected chi connectivity index (χ0v) is 9.63. The fourth-order valence-electron chi connectivity index (χ4n) is 1.16. The zero-order chi connectivity index (χ0) is 12.3. The van der Waals surface area contributed by atoms with Crippen LogP contribution in [0.2, 0.25) is 0 Å². The van der Waals surface area contributed by atoms with E-state index in [1.54, 1.807) is 0 Å². The van der Waals surface area contributed by atoms with Crippen LogP contribution in [0.5, 0.6) is 0 Å². The molecule has 0 spiro atoms. The largest absolute Gasteiger partial charge is 0.335 e. The van der Waals surface area contributed by atoms with E-state index in [2.05, 4.69) is 17.1 Å². The first-order valence-corrected chi connectivity index (χ1v) is 4.91. The van der Waals surface area contributed by atoms with Crippen LogP contribution in [0.1, 0.15) is 26.5 Å². The van der Waals surface area contributed by atoms with E-state index in [0.717, 1.165) is 6.08 Å². The maximum atomic E-state index is 13.7. The van der Waals surface area contributed by atoms with Crippen molar-refractivity contribution in [3.05, 3.63) is 24.2 Å². The van der Waals surface area contributed by atoms with Crippen molar-refractivity contribution in [2.45, 2.75) is 27.2 Å². The highest BCUT2D eigenvalue weighted by Crippen LogP contribution is 2.25. The van der Waals surface area contributed by atoms with E-state index in [1.807, 2.05) is 20.8 Å². The van der Waals surface area contributed by atoms with E-state index in [4.69, 9.17) is 4.52 Å². The van der Waals surface area contributed by atoms with Crippen molar-refractivity contribution in [3.63, 3.8) is 0 Å². The monoisotopic (exact) mass is 226 g/mol. The van der Waals surface area contributed by atoms with Gasteiger partial charge in [0, 0.05) is 6.42 Å². The summed E-state index contributed by atoms with van der Waals surface area (Å²) in [7, 11) is 0. The molecule has 0 bridgehead atoms. The molecule has 1 heterocycles. The molecule has 0 aliphatic heterocycles. The molecule has 1 rings (SSSR count). The summed E-state index contributed by atoms with van der Waals surface area (Å²) in [6.07, 6.45) is 1.47. The normalized spacial score (nSPS) is 11.2. The maximum absolute atomic E-state index is 13.7. The molecule has 16 heavy (non-hydrogen) atoms. The van der Waals surface area contributed by atoms with Gasteiger partial charge >= 0.3 is 0 Å². The molecule has 0 saturated heterocycles. The van der Waals surface area contributed by atoms with Crippen molar-refractivity contribution in [1.82, 2.24) is 5.16 Å². The quantitative estimate of drug-likeness (QED) is 0.806. The molecule has 1 aromatic rings. The molecule has 0 saturated carbocycles. The number of halogens is 1. The third kappa shape index (κ3) is 3.18. The fourth-order valence-corrected chi connectivity index (χ4v) is 1.16. The Bertz CT molecular complexity index is 405. The number of rotatable bonds is 3. The Kier molecular flexibility index (Phi) is 3.47. The molecule has 1 aromatic heterocycles. The summed E-state index contributed by atoms with van der Waals surface area (Å²) in [5, 5.41) is 5.79. The maximum Gasteiger partial charge on any atom is 0.267 e. The van der Waals surface area contributed by atoms with Gasteiger partial charge in [0.05, 0.1) is 0 Å². The van der Waals surface area contributed by atoms with Crippen LogP contribution >= 0.6 is 0 Å². The Hall–Kier alpha value is -1.65. The number of aromatic nitrogens is 1. The van der Waals surface area contributed by atoms with Crippen LogP contribution < -0.4 is 5.32 Å². The third-order valence-electron chi connectivity index (χ3n) is 1.82. The summed E-state index contributed by atoms with van der Waals surface area (Å²) in [6, 6.07) is 0. The van der Waals surface area contributed by atoms with Crippen molar-refractivity contribution in [1.29, 1.82) is 0 Å². The second-order valence-electron chi connectivity index (χ2n) is 4.70. The zero-order valence-electron chi connectivity index (χ0n) is 9.63. The van der Waals surface area contributed by atoms with Gasteiger partial charge in [-0.1, -0.05) is 32.5 Å². The van der Waals surface area contributed by atoms with Crippen molar-refractivity contribution < 1.29 is 13.7 Å². The van der Waals surface area contributed by atoms with Gasteiger partial charge in [0.15, 0.2) is 0 Å². The number of carbonyl (C=O) groups is 1. The lowest BCUT2D eigenvalue weighted by atomic mass is 9.90. The average Bonchev–Trinajstić information content (AvgIpc) is 2.47. The smallest absolute Gasteiger partial charge is 0.267 e. The minimum atomic E-state index is -0.620. The lowest BCUT2D eigenvalue weighted by Gasteiger charge is -2.15. The van der Waals surface area contributed by atoms with Crippen LogP contribution in [-0.2, 0) is 11.2 Å². The molecule has 1 amide bonds. The van der Waals surface area contributed by atoms with Crippen LogP contribution in [0.3, 0.4) is 0 Å². The molecule has 0 aliphatic carbocycles. The SMILES string of the molecule is C=CC(=O)Nc1onc(CC(C)(C)C)c1F. The van der Waals surface area contributed by atoms with E-state index in [9.17, 15) is 9.18 Å². The van der Waals surface area contributed by atoms with Gasteiger partial charge in [0.25, 0.3) is 5.88 Å². The summed E-state index contributed by atoms with van der Waals surface area (Å²) < 4.78 is 18.4. The van der Waals surface area contributed by atoms with E-state index in [1.165, 1.54) is 0 Å². The highest BCUT2D eigenvalue weighted by Gasteiger charge is 2.22. The lowest BCUT2D eigenvalue weighted by Crippen LogP contribution is -2.11. The van der Waals surface area contributed by atoms with Gasteiger partial charge < -0.3 is 4.52 Å². The summed E-state index contributed by atoms with van der Waals surface area (Å²) in [5.41, 5.74) is 0.115. The summed E-state index contributed by atoms with van der Waals surface area (Å²) in [4.78, 5) is 10.9. The molecule has 1 N–H and O–H groups in total. The molecule has 0 atom stereocenters. The first-order valence-electron chi connectivity index (χ1n) is 4.91. The minimum Gasteiger partial charge on any atom is -0.335 e. The number of nitrogens with one attached hydrogen (secondary N) is 1. The van der Waals surface area contributed by atoms with Gasteiger partial charge in [0.2, 0.25) is 11.7 Å². The Morgan fingerprint density at radius 3 is 2.75 bits per heavy atom. The van der Waals surface area contributed by atoms with E-state index >= 15 is 0 Å². The van der Waals surface area contributed by atoms with Crippen LogP contribution in [0, 0.1) is 11.2 Å². The number of nitrogens with zero attached hydrogens (tertiary/aromatic N) is 1. The third-order valence-corrected chi connectivity index (χ3v) is 1.82. The van der Waals surface area contributed by atoms with E-state index in [-0.39, 0.29) is 17.0 Å². The molecule has 88 valence electrons. The first kappa shape index (κ1) is 12.4. The van der Waals surface area contributed by atoms with Crippen molar-refractivity contribution in [3.8, 4) is 0 Å². The Balaban J connectivity index is 2.84. The van der Waals surface area contributed by atoms with Crippen molar-refractivity contribution >= 4 is 11.8 Å². The molecule has 0 unspecified atom stereocenters. The van der Waals surface area contributed by atoms with Gasteiger partial charge in [-0.05, 0) is 11.5 Å². The average molecular weight is 226 g/mol. The predicted octanol–water partition coefficient (Wildman–Crippen LogP) is 2.53. The molecular formula is C11H15FN2O2. The second kappa shape index (κ2) is 4.47. The topological polar surface area (TPSA) is 55.1 Å².